The summed E-state index contributed by atoms with van der Waals surface area (Å²) < 4.78 is 49.8. The van der Waals surface area contributed by atoms with Gasteiger partial charge in [-0.25, -0.2) is 17.9 Å². The Balaban J connectivity index is 1.55. The summed E-state index contributed by atoms with van der Waals surface area (Å²) in [5, 5.41) is 17.6. The van der Waals surface area contributed by atoms with Crippen molar-refractivity contribution < 1.29 is 37.4 Å². The molecule has 2 aromatic rings. The minimum atomic E-state index is -2.89. The van der Waals surface area contributed by atoms with Gasteiger partial charge in [-0.15, -0.1) is 5.10 Å². The number of carboxylic acids is 1. The molecule has 3 heterocycles. The highest BCUT2D eigenvalue weighted by Crippen LogP contribution is 2.48. The van der Waals surface area contributed by atoms with Crippen LogP contribution in [0.1, 0.15) is 86.9 Å². The molecule has 43 heavy (non-hydrogen) atoms. The van der Waals surface area contributed by atoms with Gasteiger partial charge in [0.15, 0.2) is 11.6 Å². The van der Waals surface area contributed by atoms with E-state index in [1.54, 1.807) is 16.7 Å². The highest BCUT2D eigenvalue weighted by Gasteiger charge is 2.50. The van der Waals surface area contributed by atoms with E-state index >= 15 is 4.39 Å². The number of amides is 2. The van der Waals surface area contributed by atoms with Crippen LogP contribution in [0.25, 0.3) is 0 Å². The SMILES string of the molecule is Cn1nnc(COc2c(F)cc(Cl)c3c2[C@@H](CCN2CCCC2=O)N(C(=O)[C@@H]2CCCC[C@]2(C)C(=O)O)CC3)c1C(F)F. The van der Waals surface area contributed by atoms with E-state index in [2.05, 4.69) is 10.3 Å². The first-order valence-electron chi connectivity index (χ1n) is 14.6. The number of fused-ring (bicyclic) bond motifs is 1. The largest absolute Gasteiger partial charge is 0.484 e. The van der Waals surface area contributed by atoms with Gasteiger partial charge < -0.3 is 19.6 Å². The zero-order chi connectivity index (χ0) is 31.1. The fourth-order valence-corrected chi connectivity index (χ4v) is 7.13. The van der Waals surface area contributed by atoms with Crippen molar-refractivity contribution >= 4 is 29.4 Å². The van der Waals surface area contributed by atoms with Crippen LogP contribution in [0.15, 0.2) is 6.07 Å². The lowest BCUT2D eigenvalue weighted by atomic mass is 9.66. The van der Waals surface area contributed by atoms with Gasteiger partial charge in [-0.1, -0.05) is 29.7 Å². The van der Waals surface area contributed by atoms with Crippen LogP contribution in [0.3, 0.4) is 0 Å². The monoisotopic (exact) mass is 625 g/mol. The van der Waals surface area contributed by atoms with Crippen molar-refractivity contribution in [2.24, 2.45) is 18.4 Å². The van der Waals surface area contributed by atoms with E-state index < -0.39 is 47.9 Å². The quantitative estimate of drug-likeness (QED) is 0.424. The van der Waals surface area contributed by atoms with Crippen molar-refractivity contribution in [2.75, 3.05) is 19.6 Å². The van der Waals surface area contributed by atoms with Crippen molar-refractivity contribution in [1.82, 2.24) is 24.8 Å². The average Bonchev–Trinajstić information content (AvgIpc) is 3.55. The number of hydrogen-bond donors (Lipinski definition) is 1. The number of halogens is 4. The maximum atomic E-state index is 15.6. The molecule has 0 unspecified atom stereocenters. The molecule has 0 spiro atoms. The number of alkyl halides is 2. The summed E-state index contributed by atoms with van der Waals surface area (Å²) in [5.41, 5.74) is -1.04. The molecule has 5 rings (SSSR count). The number of rotatable bonds is 9. The van der Waals surface area contributed by atoms with E-state index in [1.807, 2.05) is 0 Å². The first-order chi connectivity index (χ1) is 20.4. The molecule has 1 aliphatic carbocycles. The van der Waals surface area contributed by atoms with Crippen LogP contribution < -0.4 is 4.74 Å². The maximum absolute atomic E-state index is 15.6. The lowest BCUT2D eigenvalue weighted by molar-refractivity contribution is -0.162. The van der Waals surface area contributed by atoms with E-state index in [1.165, 1.54) is 7.05 Å². The maximum Gasteiger partial charge on any atom is 0.310 e. The predicted octanol–water partition coefficient (Wildman–Crippen LogP) is 4.84. The molecule has 3 atom stereocenters. The molecule has 10 nitrogen and oxygen atoms in total. The fraction of sp³-hybridized carbons (Fsp3) is 0.621. The van der Waals surface area contributed by atoms with Crippen molar-refractivity contribution in [1.29, 1.82) is 0 Å². The number of likely N-dealkylation sites (tertiary alicyclic amines) is 1. The summed E-state index contributed by atoms with van der Waals surface area (Å²) in [5.74, 6) is -3.29. The number of nitrogens with zero attached hydrogens (tertiary/aromatic N) is 5. The molecule has 2 fully saturated rings. The summed E-state index contributed by atoms with van der Waals surface area (Å²) in [4.78, 5) is 42.3. The average molecular weight is 626 g/mol. The predicted molar refractivity (Wildman–Crippen MR) is 148 cm³/mol. The summed E-state index contributed by atoms with van der Waals surface area (Å²) in [6, 6.07) is 0.297. The van der Waals surface area contributed by atoms with Gasteiger partial charge in [0.2, 0.25) is 11.8 Å². The molecule has 1 saturated carbocycles. The number of hydrogen-bond acceptors (Lipinski definition) is 6. The molecule has 1 aromatic carbocycles. The molecule has 2 aliphatic heterocycles. The van der Waals surface area contributed by atoms with Crippen LogP contribution in [0.4, 0.5) is 13.2 Å². The number of carbonyl (C=O) groups excluding carboxylic acids is 2. The number of benzene rings is 1. The van der Waals surface area contributed by atoms with Crippen LogP contribution in [0.5, 0.6) is 5.75 Å². The standard InChI is InChI=1S/C29H35ClF3N5O5/c1-29(28(41)42)10-4-3-6-17(29)27(40)38-13-8-16-18(30)14-19(31)25(43-15-20-24(26(32)33)36(2)35-34-20)23(16)21(38)9-12-37-11-5-7-22(37)39/h14,17,21,26H,3-13,15H2,1-2H3,(H,41,42)/t17-,21+,29-/m0/s1. The molecular weight excluding hydrogens is 591 g/mol. The molecule has 0 bridgehead atoms. The Kier molecular flexibility index (Phi) is 8.92. The van der Waals surface area contributed by atoms with Gasteiger partial charge in [0.1, 0.15) is 18.0 Å². The van der Waals surface area contributed by atoms with Crippen LogP contribution in [0, 0.1) is 17.2 Å². The topological polar surface area (TPSA) is 118 Å². The molecule has 0 radical (unpaired) electrons. The fourth-order valence-electron chi connectivity index (χ4n) is 6.84. The molecule has 1 N–H and O–H groups in total. The third kappa shape index (κ3) is 5.80. The Hall–Kier alpha value is -3.35. The second-order valence-electron chi connectivity index (χ2n) is 11.8. The number of ether oxygens (including phenoxy) is 1. The first-order valence-corrected chi connectivity index (χ1v) is 14.9. The van der Waals surface area contributed by atoms with Gasteiger partial charge >= 0.3 is 5.97 Å². The molecule has 2 amide bonds. The van der Waals surface area contributed by atoms with Crippen LogP contribution in [0.2, 0.25) is 5.02 Å². The second kappa shape index (κ2) is 12.3. The molecule has 1 saturated heterocycles. The smallest absolute Gasteiger partial charge is 0.310 e. The zero-order valence-corrected chi connectivity index (χ0v) is 24.9. The lowest BCUT2D eigenvalue weighted by Gasteiger charge is -2.44. The van der Waals surface area contributed by atoms with Gasteiger partial charge in [0, 0.05) is 43.7 Å². The van der Waals surface area contributed by atoms with Gasteiger partial charge in [-0.2, -0.15) is 0 Å². The van der Waals surface area contributed by atoms with Crippen molar-refractivity contribution in [2.45, 2.75) is 77.4 Å². The lowest BCUT2D eigenvalue weighted by Crippen LogP contribution is -2.51. The second-order valence-corrected chi connectivity index (χ2v) is 12.2. The Morgan fingerprint density at radius 3 is 2.67 bits per heavy atom. The van der Waals surface area contributed by atoms with Crippen molar-refractivity contribution in [3.63, 3.8) is 0 Å². The molecular formula is C29H35ClF3N5O5. The summed E-state index contributed by atoms with van der Waals surface area (Å²) >= 11 is 6.52. The number of carbonyl (C=O) groups is 3. The minimum Gasteiger partial charge on any atom is -0.484 e. The molecule has 14 heteroatoms. The summed E-state index contributed by atoms with van der Waals surface area (Å²) in [6.45, 7) is 2.13. The van der Waals surface area contributed by atoms with E-state index in [0.717, 1.165) is 10.7 Å². The van der Waals surface area contributed by atoms with Crippen LogP contribution in [-0.2, 0) is 34.5 Å². The highest BCUT2D eigenvalue weighted by atomic mass is 35.5. The number of aryl methyl sites for hydroxylation is 1. The molecule has 1 aromatic heterocycles. The van der Waals surface area contributed by atoms with E-state index in [-0.39, 0.29) is 54.2 Å². The van der Waals surface area contributed by atoms with Crippen molar-refractivity contribution in [3.8, 4) is 5.75 Å². The van der Waals surface area contributed by atoms with Gasteiger partial charge in [0.25, 0.3) is 6.43 Å². The minimum absolute atomic E-state index is 0.0180. The Bertz CT molecular complexity index is 1420. The van der Waals surface area contributed by atoms with Crippen LogP contribution in [-0.4, -0.2) is 67.3 Å². The van der Waals surface area contributed by atoms with Crippen molar-refractivity contribution in [3.05, 3.63) is 39.4 Å². The molecule has 3 aliphatic rings. The van der Waals surface area contributed by atoms with E-state index in [4.69, 9.17) is 16.3 Å². The summed E-state index contributed by atoms with van der Waals surface area (Å²) in [7, 11) is 1.32. The third-order valence-electron chi connectivity index (χ3n) is 9.27. The first kappa shape index (κ1) is 31.1. The molecule has 234 valence electrons. The highest BCUT2D eigenvalue weighted by molar-refractivity contribution is 6.31. The third-order valence-corrected chi connectivity index (χ3v) is 9.60. The zero-order valence-electron chi connectivity index (χ0n) is 24.1. The Morgan fingerprint density at radius 2 is 2.00 bits per heavy atom. The van der Waals surface area contributed by atoms with Gasteiger partial charge in [-0.3, -0.25) is 14.4 Å². The van der Waals surface area contributed by atoms with Crippen LogP contribution >= 0.6 is 11.6 Å². The Labute approximate surface area is 252 Å². The number of aliphatic carboxylic acids is 1. The van der Waals surface area contributed by atoms with E-state index in [9.17, 15) is 28.3 Å². The Morgan fingerprint density at radius 1 is 1.23 bits per heavy atom. The normalized spacial score (nSPS) is 24.0. The van der Waals surface area contributed by atoms with E-state index in [0.29, 0.717) is 56.2 Å². The number of aromatic nitrogens is 3. The van der Waals surface area contributed by atoms with Gasteiger partial charge in [-0.05, 0) is 50.7 Å². The summed E-state index contributed by atoms with van der Waals surface area (Å²) in [6.07, 6.45) is 0.871. The van der Waals surface area contributed by atoms with Gasteiger partial charge in [0.05, 0.1) is 17.4 Å². The number of carboxylic acid groups (broad SMARTS) is 1.